The van der Waals surface area contributed by atoms with Crippen molar-refractivity contribution in [2.45, 2.75) is 119 Å². The lowest BCUT2D eigenvalue weighted by atomic mass is 9.80. The summed E-state index contributed by atoms with van der Waals surface area (Å²) in [6.45, 7) is 32.5. The molecule has 12 rings (SSSR count). The molecule has 0 atom stereocenters. The quantitative estimate of drug-likeness (QED) is 0.126. The molecule has 418 valence electrons. The fourth-order valence-corrected chi connectivity index (χ4v) is 12.1. The van der Waals surface area contributed by atoms with Gasteiger partial charge in [-0.25, -0.2) is 0 Å². The van der Waals surface area contributed by atoms with Gasteiger partial charge < -0.3 is 9.80 Å². The zero-order chi connectivity index (χ0) is 59.0. The van der Waals surface area contributed by atoms with Crippen molar-refractivity contribution in [1.82, 2.24) is 0 Å². The molecule has 0 saturated heterocycles. The largest absolute Gasteiger partial charge is 0.310 e. The van der Waals surface area contributed by atoms with Crippen LogP contribution in [0.1, 0.15) is 116 Å². The Morgan fingerprint density at radius 2 is 0.512 bits per heavy atom. The van der Waals surface area contributed by atoms with Crippen LogP contribution in [-0.2, 0) is 21.7 Å². The molecule has 0 N–H and O–H groups in total. The molecule has 0 aliphatic heterocycles. The van der Waals surface area contributed by atoms with Crippen LogP contribution in [-0.4, -0.2) is 0 Å². The lowest BCUT2D eigenvalue weighted by Gasteiger charge is -2.33. The van der Waals surface area contributed by atoms with Crippen LogP contribution in [0.25, 0.3) is 76.8 Å². The number of aryl methyl sites for hydroxylation is 2. The fourth-order valence-electron chi connectivity index (χ4n) is 12.1. The Balaban J connectivity index is 1.17. The van der Waals surface area contributed by atoms with Crippen molar-refractivity contribution in [1.29, 1.82) is 0 Å². The summed E-state index contributed by atoms with van der Waals surface area (Å²) in [6.07, 6.45) is 0. The number of anilines is 6. The number of nitrogens with zero attached hydrogens (tertiary/aromatic N) is 2. The molecular weight excluding hydrogens is 1010 g/mol. The summed E-state index contributed by atoms with van der Waals surface area (Å²) < 4.78 is 0. The van der Waals surface area contributed by atoms with Gasteiger partial charge in [0.2, 0.25) is 0 Å². The zero-order valence-electron chi connectivity index (χ0n) is 51.8. The van der Waals surface area contributed by atoms with Crippen molar-refractivity contribution in [2.75, 3.05) is 9.80 Å². The molecule has 2 nitrogen and oxygen atoms in total. The van der Waals surface area contributed by atoms with E-state index in [9.17, 15) is 0 Å². The van der Waals surface area contributed by atoms with Gasteiger partial charge in [-0.1, -0.05) is 252 Å². The second-order valence-electron chi connectivity index (χ2n) is 27.8. The third-order valence-electron chi connectivity index (χ3n) is 17.3. The van der Waals surface area contributed by atoms with Gasteiger partial charge in [0.05, 0.1) is 11.4 Å². The molecule has 0 aliphatic carbocycles. The van der Waals surface area contributed by atoms with Crippen molar-refractivity contribution in [3.63, 3.8) is 0 Å². The highest BCUT2D eigenvalue weighted by Crippen LogP contribution is 2.51. The Kier molecular flexibility index (Phi) is 14.1. The van der Waals surface area contributed by atoms with E-state index in [1.165, 1.54) is 110 Å². The predicted octanol–water partition coefficient (Wildman–Crippen LogP) is 24.0. The summed E-state index contributed by atoms with van der Waals surface area (Å²) in [7, 11) is 0. The summed E-state index contributed by atoms with van der Waals surface area (Å²) in [5.74, 6) is 0. The molecule has 0 aliphatic rings. The number of benzene rings is 12. The first kappa shape index (κ1) is 55.8. The molecule has 0 fully saturated rings. The van der Waals surface area contributed by atoms with Crippen molar-refractivity contribution >= 4 is 66.4 Å². The lowest BCUT2D eigenvalue weighted by Crippen LogP contribution is -2.19. The average Bonchev–Trinajstić information content (AvgIpc) is 3.59. The molecule has 0 amide bonds. The predicted molar refractivity (Wildman–Crippen MR) is 366 cm³/mol. The van der Waals surface area contributed by atoms with Crippen LogP contribution in [0, 0.1) is 13.8 Å². The number of hydrogen-bond donors (Lipinski definition) is 0. The van der Waals surface area contributed by atoms with Gasteiger partial charge >= 0.3 is 0 Å². The van der Waals surface area contributed by atoms with E-state index in [4.69, 9.17) is 0 Å². The van der Waals surface area contributed by atoms with Crippen molar-refractivity contribution in [3.05, 3.63) is 264 Å². The van der Waals surface area contributed by atoms with Crippen LogP contribution in [0.5, 0.6) is 0 Å². The number of rotatable bonds is 10. The molecule has 12 aromatic rings. The maximum Gasteiger partial charge on any atom is 0.0540 e. The average molecular weight is 1090 g/mol. The van der Waals surface area contributed by atoms with Gasteiger partial charge in [0.25, 0.3) is 0 Å². The highest BCUT2D eigenvalue weighted by Gasteiger charge is 2.29. The third-order valence-corrected chi connectivity index (χ3v) is 17.3. The Morgan fingerprint density at radius 3 is 0.810 bits per heavy atom. The molecule has 0 heterocycles. The maximum atomic E-state index is 2.57. The van der Waals surface area contributed by atoms with E-state index < -0.39 is 0 Å². The second kappa shape index (κ2) is 21.2. The van der Waals surface area contributed by atoms with Crippen molar-refractivity contribution in [3.8, 4) is 44.5 Å². The van der Waals surface area contributed by atoms with Crippen LogP contribution in [0.2, 0.25) is 0 Å². The molecule has 0 bridgehead atoms. The van der Waals surface area contributed by atoms with Crippen LogP contribution >= 0.6 is 0 Å². The Morgan fingerprint density at radius 1 is 0.238 bits per heavy atom. The molecular formula is C82H80N2. The standard InChI is InChI=1S/C82H80N2/c1-53-25-29-57(30-26-53)63-41-61(55-21-17-15-18-22-55)43-69(45-63)83(71-49-65(79(3,4)5)47-66(50-71)80(6,7)8)75-39-35-59-34-38-74-76(40-36-60-33-37-73(75)77(59)78(60)74)84(72-51-67(81(9,10)11)48-68(52-72)82(12,13)14)70-44-62(56-23-19-16-20-24-56)42-64(46-70)58-31-27-54(2)28-32-58/h15-52H,1-14H3. The molecule has 0 saturated carbocycles. The minimum Gasteiger partial charge on any atom is -0.310 e. The van der Waals surface area contributed by atoms with Crippen LogP contribution in [0.3, 0.4) is 0 Å². The fraction of sp³-hybridized carbons (Fsp3) is 0.220. The van der Waals surface area contributed by atoms with E-state index in [1.807, 2.05) is 0 Å². The first-order chi connectivity index (χ1) is 39.9. The minimum atomic E-state index is -0.104. The minimum absolute atomic E-state index is 0.104. The molecule has 0 radical (unpaired) electrons. The van der Waals surface area contributed by atoms with Gasteiger partial charge in [0, 0.05) is 33.5 Å². The maximum absolute atomic E-state index is 2.57. The Hall–Kier alpha value is -8.72. The van der Waals surface area contributed by atoms with E-state index in [1.54, 1.807) is 0 Å². The molecule has 0 unspecified atom stereocenters. The van der Waals surface area contributed by atoms with Gasteiger partial charge in [-0.05, 0) is 197 Å². The van der Waals surface area contributed by atoms with Gasteiger partial charge in [0.15, 0.2) is 0 Å². The van der Waals surface area contributed by atoms with Gasteiger partial charge in [-0.15, -0.1) is 0 Å². The van der Waals surface area contributed by atoms with Crippen molar-refractivity contribution < 1.29 is 0 Å². The van der Waals surface area contributed by atoms with Gasteiger partial charge in [-0.2, -0.15) is 0 Å². The number of hydrogen-bond acceptors (Lipinski definition) is 2. The summed E-state index contributed by atoms with van der Waals surface area (Å²) in [6, 6.07) is 87.9. The molecule has 0 spiro atoms. The zero-order valence-corrected chi connectivity index (χ0v) is 51.8. The molecule has 12 aromatic carbocycles. The first-order valence-corrected chi connectivity index (χ1v) is 30.1. The summed E-state index contributed by atoms with van der Waals surface area (Å²) >= 11 is 0. The molecule has 2 heteroatoms. The SMILES string of the molecule is Cc1ccc(-c2cc(-c3ccccc3)cc(N(c3cc(C(C)(C)C)cc(C(C)(C)C)c3)c3ccc4ccc5c(N(c6cc(-c7ccccc7)cc(-c7ccc(C)cc7)c6)c6cc(C(C)(C)C)cc(C(C)(C)C)c6)ccc6ccc3c4c65)c2)cc1. The smallest absolute Gasteiger partial charge is 0.0540 e. The van der Waals surface area contributed by atoms with Crippen LogP contribution in [0.15, 0.2) is 231 Å². The topological polar surface area (TPSA) is 6.48 Å². The van der Waals surface area contributed by atoms with E-state index in [2.05, 4.69) is 337 Å². The van der Waals surface area contributed by atoms with E-state index in [0.717, 1.165) is 34.1 Å². The second-order valence-corrected chi connectivity index (χ2v) is 27.8. The van der Waals surface area contributed by atoms with E-state index in [-0.39, 0.29) is 21.7 Å². The summed E-state index contributed by atoms with van der Waals surface area (Å²) in [5, 5.41) is 7.34. The monoisotopic (exact) mass is 1090 g/mol. The summed E-state index contributed by atoms with van der Waals surface area (Å²) in [5.41, 5.74) is 23.5. The molecule has 0 aromatic heterocycles. The van der Waals surface area contributed by atoms with Gasteiger partial charge in [0.1, 0.15) is 0 Å². The highest BCUT2D eigenvalue weighted by molar-refractivity contribution is 6.28. The van der Waals surface area contributed by atoms with E-state index >= 15 is 0 Å². The van der Waals surface area contributed by atoms with E-state index in [0.29, 0.717) is 0 Å². The normalized spacial score (nSPS) is 12.4. The van der Waals surface area contributed by atoms with Gasteiger partial charge in [-0.3, -0.25) is 0 Å². The molecule has 84 heavy (non-hydrogen) atoms. The third kappa shape index (κ3) is 10.9. The van der Waals surface area contributed by atoms with Crippen molar-refractivity contribution in [2.24, 2.45) is 0 Å². The Labute approximate surface area is 500 Å². The first-order valence-electron chi connectivity index (χ1n) is 30.1. The summed E-state index contributed by atoms with van der Waals surface area (Å²) in [4.78, 5) is 5.14. The lowest BCUT2D eigenvalue weighted by molar-refractivity contribution is 0.568. The highest BCUT2D eigenvalue weighted by atomic mass is 15.2. The van der Waals surface area contributed by atoms with Crippen LogP contribution in [0.4, 0.5) is 34.1 Å². The Bertz CT molecular complexity index is 4030. The van der Waals surface area contributed by atoms with Crippen LogP contribution < -0.4 is 9.80 Å².